The largest absolute Gasteiger partial charge is 0.457 e. The highest BCUT2D eigenvalue weighted by Gasteiger charge is 2.39. The fourth-order valence-corrected chi connectivity index (χ4v) is 5.93. The molecule has 1 aliphatic heterocycles. The molecule has 0 spiro atoms. The van der Waals surface area contributed by atoms with Crippen LogP contribution in [0.2, 0.25) is 10.0 Å². The van der Waals surface area contributed by atoms with E-state index >= 15 is 0 Å². The predicted molar refractivity (Wildman–Crippen MR) is 133 cm³/mol. The zero-order chi connectivity index (χ0) is 22.1. The van der Waals surface area contributed by atoms with Crippen molar-refractivity contribution in [1.29, 1.82) is 0 Å². The van der Waals surface area contributed by atoms with Crippen LogP contribution < -0.4 is 0 Å². The number of furan rings is 1. The van der Waals surface area contributed by atoms with Crippen LogP contribution in [0, 0.1) is 0 Å². The number of hydrogen-bond donors (Lipinski definition) is 0. The Hall–Kier alpha value is -2.06. The van der Waals surface area contributed by atoms with Crippen LogP contribution in [0.3, 0.4) is 0 Å². The molecule has 0 atom stereocenters. The third-order valence-electron chi connectivity index (χ3n) is 5.48. The molecule has 5 nitrogen and oxygen atoms in total. The van der Waals surface area contributed by atoms with E-state index in [2.05, 4.69) is 9.98 Å². The lowest BCUT2D eigenvalue weighted by Gasteiger charge is -2.30. The number of aliphatic imine (C=N–C) groups is 1. The van der Waals surface area contributed by atoms with Crippen LogP contribution in [-0.2, 0) is 4.79 Å². The molecular weight excluding hydrogens is 485 g/mol. The molecule has 2 fully saturated rings. The van der Waals surface area contributed by atoms with E-state index < -0.39 is 0 Å². The molecule has 1 aliphatic carbocycles. The number of amides is 1. The van der Waals surface area contributed by atoms with E-state index in [-0.39, 0.29) is 11.9 Å². The highest BCUT2D eigenvalue weighted by Crippen LogP contribution is 2.39. The molecule has 164 valence electrons. The molecule has 2 aromatic heterocycles. The van der Waals surface area contributed by atoms with Crippen molar-refractivity contribution in [3.63, 3.8) is 0 Å². The monoisotopic (exact) mass is 503 g/mol. The van der Waals surface area contributed by atoms with E-state index in [1.807, 2.05) is 22.4 Å². The van der Waals surface area contributed by atoms with Crippen molar-refractivity contribution < 1.29 is 9.21 Å². The Morgan fingerprint density at radius 2 is 2.00 bits per heavy atom. The lowest BCUT2D eigenvalue weighted by Crippen LogP contribution is -2.40. The number of nitrogens with zero attached hydrogens (tertiary/aromatic N) is 3. The summed E-state index contributed by atoms with van der Waals surface area (Å²) >= 11 is 15.2. The molecule has 1 saturated heterocycles. The van der Waals surface area contributed by atoms with E-state index in [4.69, 9.17) is 27.6 Å². The van der Waals surface area contributed by atoms with Gasteiger partial charge in [0.15, 0.2) is 5.17 Å². The summed E-state index contributed by atoms with van der Waals surface area (Å²) in [7, 11) is 0. The van der Waals surface area contributed by atoms with Crippen LogP contribution in [0.1, 0.15) is 37.9 Å². The minimum absolute atomic E-state index is 0.0315. The molecule has 9 heteroatoms. The van der Waals surface area contributed by atoms with Gasteiger partial charge >= 0.3 is 0 Å². The number of carbonyl (C=O) groups is 1. The second-order valence-electron chi connectivity index (χ2n) is 7.61. The van der Waals surface area contributed by atoms with Gasteiger partial charge in [-0.15, -0.1) is 11.3 Å². The van der Waals surface area contributed by atoms with E-state index in [9.17, 15) is 4.79 Å². The quantitative estimate of drug-likeness (QED) is 0.343. The lowest BCUT2D eigenvalue weighted by molar-refractivity contribution is -0.124. The van der Waals surface area contributed by atoms with Crippen LogP contribution in [0.4, 0.5) is 5.13 Å². The van der Waals surface area contributed by atoms with Crippen molar-refractivity contribution >= 4 is 68.6 Å². The lowest BCUT2D eigenvalue weighted by atomic mass is 9.94. The Morgan fingerprint density at radius 1 is 1.16 bits per heavy atom. The second kappa shape index (κ2) is 9.43. The number of aromatic nitrogens is 1. The first-order chi connectivity index (χ1) is 15.6. The Labute approximate surface area is 204 Å². The van der Waals surface area contributed by atoms with Crippen molar-refractivity contribution in [2.75, 3.05) is 0 Å². The number of halogens is 2. The third-order valence-corrected chi connectivity index (χ3v) is 7.69. The van der Waals surface area contributed by atoms with Gasteiger partial charge in [-0.2, -0.15) is 4.99 Å². The molecule has 0 radical (unpaired) electrons. The molecule has 1 amide bonds. The van der Waals surface area contributed by atoms with Gasteiger partial charge in [0.2, 0.25) is 5.13 Å². The molecule has 0 bridgehead atoms. The minimum Gasteiger partial charge on any atom is -0.457 e. The van der Waals surface area contributed by atoms with Crippen LogP contribution in [0.15, 0.2) is 56.2 Å². The van der Waals surface area contributed by atoms with Gasteiger partial charge in [0.1, 0.15) is 11.5 Å². The van der Waals surface area contributed by atoms with Crippen molar-refractivity contribution in [2.45, 2.75) is 38.1 Å². The summed E-state index contributed by atoms with van der Waals surface area (Å²) in [6.07, 6.45) is 8.96. The molecule has 5 rings (SSSR count). The highest BCUT2D eigenvalue weighted by atomic mass is 35.5. The molecule has 0 unspecified atom stereocenters. The molecule has 3 aromatic rings. The predicted octanol–water partition coefficient (Wildman–Crippen LogP) is 7.65. The summed E-state index contributed by atoms with van der Waals surface area (Å²) in [6.45, 7) is 0. The number of hydrogen-bond acceptors (Lipinski definition) is 6. The van der Waals surface area contributed by atoms with Crippen molar-refractivity contribution in [3.05, 3.63) is 62.6 Å². The SMILES string of the molecule is O=C1/C(=C\c2ccc(-c3cc(Cl)ccc3Cl)o2)S/C(=N/c2nccs2)N1C1CCCCC1. The van der Waals surface area contributed by atoms with Gasteiger partial charge in [0.05, 0.1) is 9.93 Å². The minimum atomic E-state index is -0.0315. The van der Waals surface area contributed by atoms with Crippen LogP contribution in [0.25, 0.3) is 17.4 Å². The van der Waals surface area contributed by atoms with Gasteiger partial charge in [-0.3, -0.25) is 9.69 Å². The van der Waals surface area contributed by atoms with Crippen molar-refractivity contribution in [2.24, 2.45) is 4.99 Å². The van der Waals surface area contributed by atoms with Gasteiger partial charge in [0.25, 0.3) is 5.91 Å². The highest BCUT2D eigenvalue weighted by molar-refractivity contribution is 8.18. The molecule has 3 heterocycles. The summed E-state index contributed by atoms with van der Waals surface area (Å²) in [5, 5.41) is 4.35. The zero-order valence-electron chi connectivity index (χ0n) is 17.0. The number of amidine groups is 1. The Bertz CT molecular complexity index is 1200. The average Bonchev–Trinajstić information content (AvgIpc) is 3.53. The third kappa shape index (κ3) is 4.53. The number of thiazole rings is 1. The average molecular weight is 504 g/mol. The van der Waals surface area contributed by atoms with Crippen LogP contribution in [0.5, 0.6) is 0 Å². The number of carbonyl (C=O) groups excluding carboxylic acids is 1. The van der Waals surface area contributed by atoms with Gasteiger partial charge < -0.3 is 4.42 Å². The van der Waals surface area contributed by atoms with Gasteiger partial charge in [0, 0.05) is 34.3 Å². The maximum atomic E-state index is 13.4. The van der Waals surface area contributed by atoms with Crippen LogP contribution in [-0.4, -0.2) is 27.0 Å². The first-order valence-corrected chi connectivity index (χ1v) is 12.8. The standard InChI is InChI=1S/C23H19Cl2N3O2S2/c24-14-6-8-18(25)17(12-14)19-9-7-16(30-19)13-20-21(29)28(15-4-2-1-3-5-15)23(32-20)27-22-26-10-11-31-22/h6-13,15H,1-5H2/b20-13+,27-23+. The Kier molecular flexibility index (Phi) is 6.42. The number of benzene rings is 1. The Morgan fingerprint density at radius 3 is 2.78 bits per heavy atom. The normalized spacial score (nSPS) is 20.1. The fraction of sp³-hybridized carbons (Fsp3) is 0.261. The molecule has 1 aromatic carbocycles. The molecule has 32 heavy (non-hydrogen) atoms. The first-order valence-electron chi connectivity index (χ1n) is 10.3. The number of thioether (sulfide) groups is 1. The Balaban J connectivity index is 1.46. The van der Waals surface area contributed by atoms with Gasteiger partial charge in [-0.1, -0.05) is 42.5 Å². The van der Waals surface area contributed by atoms with E-state index in [1.165, 1.54) is 29.5 Å². The molecule has 2 aliphatic rings. The van der Waals surface area contributed by atoms with Gasteiger partial charge in [-0.25, -0.2) is 4.98 Å². The van der Waals surface area contributed by atoms with E-state index in [0.29, 0.717) is 42.3 Å². The summed E-state index contributed by atoms with van der Waals surface area (Å²) in [6, 6.07) is 9.06. The molecular formula is C23H19Cl2N3O2S2. The van der Waals surface area contributed by atoms with E-state index in [0.717, 1.165) is 25.7 Å². The number of rotatable bonds is 4. The van der Waals surface area contributed by atoms with E-state index in [1.54, 1.807) is 30.5 Å². The van der Waals surface area contributed by atoms with Crippen LogP contribution >= 0.6 is 46.3 Å². The summed E-state index contributed by atoms with van der Waals surface area (Å²) in [5.41, 5.74) is 0.712. The second-order valence-corrected chi connectivity index (χ2v) is 10.3. The summed E-state index contributed by atoms with van der Waals surface area (Å²) in [4.78, 5) is 24.8. The maximum Gasteiger partial charge on any atom is 0.267 e. The summed E-state index contributed by atoms with van der Waals surface area (Å²) in [5.74, 6) is 1.14. The fourth-order valence-electron chi connectivity index (χ4n) is 3.97. The summed E-state index contributed by atoms with van der Waals surface area (Å²) < 4.78 is 5.98. The topological polar surface area (TPSA) is 58.7 Å². The maximum absolute atomic E-state index is 13.4. The molecule has 1 saturated carbocycles. The molecule has 0 N–H and O–H groups in total. The van der Waals surface area contributed by atoms with Crippen molar-refractivity contribution in [3.8, 4) is 11.3 Å². The smallest absolute Gasteiger partial charge is 0.267 e. The zero-order valence-corrected chi connectivity index (χ0v) is 20.1. The van der Waals surface area contributed by atoms with Crippen molar-refractivity contribution in [1.82, 2.24) is 9.88 Å². The first kappa shape index (κ1) is 21.8. The van der Waals surface area contributed by atoms with Gasteiger partial charge in [-0.05, 0) is 54.9 Å².